The zero-order valence-electron chi connectivity index (χ0n) is 31.5. The summed E-state index contributed by atoms with van der Waals surface area (Å²) in [6.07, 6.45) is 0. The van der Waals surface area contributed by atoms with Crippen LogP contribution in [0, 0.1) is 0 Å². The topological polar surface area (TPSA) is 3.24 Å². The van der Waals surface area contributed by atoms with Crippen LogP contribution in [0.4, 0.5) is 17.1 Å². The SMILES string of the molecule is c1ccc(-c2ccc(N(c3ccc(-c4ccccc4)cc3)c3ccc(-c4ccccc4-c4c(-c5ccccc5)c5ccccc5c5ccccc45)cc3)cc2)cc1. The minimum atomic E-state index is 1.09. The van der Waals surface area contributed by atoms with E-state index >= 15 is 0 Å². The number of hydrogen-bond donors (Lipinski definition) is 0. The summed E-state index contributed by atoms with van der Waals surface area (Å²) in [7, 11) is 0. The van der Waals surface area contributed by atoms with Gasteiger partial charge in [0.05, 0.1) is 0 Å². The van der Waals surface area contributed by atoms with Gasteiger partial charge in [-0.15, -0.1) is 0 Å². The zero-order chi connectivity index (χ0) is 38.0. The second kappa shape index (κ2) is 15.0. The molecule has 268 valence electrons. The summed E-state index contributed by atoms with van der Waals surface area (Å²) in [4.78, 5) is 2.35. The molecule has 0 saturated carbocycles. The summed E-state index contributed by atoms with van der Waals surface area (Å²) in [5, 5.41) is 5.05. The minimum absolute atomic E-state index is 1.09. The zero-order valence-corrected chi connectivity index (χ0v) is 31.5. The lowest BCUT2D eigenvalue weighted by atomic mass is 9.82. The molecule has 10 aromatic rings. The molecule has 10 rings (SSSR count). The van der Waals surface area contributed by atoms with Gasteiger partial charge in [-0.3, -0.25) is 0 Å². The Morgan fingerprint density at radius 3 is 0.965 bits per heavy atom. The second-order valence-electron chi connectivity index (χ2n) is 14.5. The normalized spacial score (nSPS) is 11.2. The predicted octanol–water partition coefficient (Wildman–Crippen LogP) is 15.8. The van der Waals surface area contributed by atoms with Gasteiger partial charge in [0.25, 0.3) is 0 Å². The van der Waals surface area contributed by atoms with Gasteiger partial charge in [0.15, 0.2) is 0 Å². The van der Waals surface area contributed by atoms with Gasteiger partial charge in [0, 0.05) is 17.1 Å². The van der Waals surface area contributed by atoms with Crippen molar-refractivity contribution < 1.29 is 0 Å². The van der Waals surface area contributed by atoms with Gasteiger partial charge in [-0.25, -0.2) is 0 Å². The van der Waals surface area contributed by atoms with Crippen molar-refractivity contribution in [3.05, 3.63) is 237 Å². The molecule has 0 heterocycles. The minimum Gasteiger partial charge on any atom is -0.311 e. The number of nitrogens with zero attached hydrogens (tertiary/aromatic N) is 1. The second-order valence-corrected chi connectivity index (χ2v) is 14.5. The van der Waals surface area contributed by atoms with Crippen molar-refractivity contribution in [2.75, 3.05) is 4.90 Å². The number of benzene rings is 10. The molecular formula is C56H39N. The molecular weight excluding hydrogens is 687 g/mol. The van der Waals surface area contributed by atoms with E-state index in [1.54, 1.807) is 0 Å². The third kappa shape index (κ3) is 6.46. The summed E-state index contributed by atoms with van der Waals surface area (Å²) in [5.74, 6) is 0. The molecule has 1 nitrogen and oxygen atoms in total. The van der Waals surface area contributed by atoms with Gasteiger partial charge in [-0.05, 0) is 114 Å². The number of rotatable bonds is 8. The molecule has 0 N–H and O–H groups in total. The van der Waals surface area contributed by atoms with Crippen LogP contribution in [-0.4, -0.2) is 0 Å². The molecule has 0 aliphatic rings. The Morgan fingerprint density at radius 1 is 0.193 bits per heavy atom. The van der Waals surface area contributed by atoms with E-state index in [9.17, 15) is 0 Å². The first-order chi connectivity index (χ1) is 28.3. The van der Waals surface area contributed by atoms with Crippen molar-refractivity contribution >= 4 is 38.6 Å². The molecule has 0 aliphatic carbocycles. The van der Waals surface area contributed by atoms with Crippen LogP contribution in [0.15, 0.2) is 237 Å². The number of fused-ring (bicyclic) bond motifs is 3. The van der Waals surface area contributed by atoms with Crippen LogP contribution in [-0.2, 0) is 0 Å². The van der Waals surface area contributed by atoms with Crippen LogP contribution in [0.3, 0.4) is 0 Å². The molecule has 0 amide bonds. The maximum Gasteiger partial charge on any atom is 0.0462 e. The lowest BCUT2D eigenvalue weighted by molar-refractivity contribution is 1.28. The van der Waals surface area contributed by atoms with Crippen LogP contribution in [0.5, 0.6) is 0 Å². The first-order valence-electron chi connectivity index (χ1n) is 19.6. The Labute approximate surface area is 334 Å². The maximum absolute atomic E-state index is 2.35. The fourth-order valence-electron chi connectivity index (χ4n) is 8.38. The van der Waals surface area contributed by atoms with Crippen molar-refractivity contribution in [1.29, 1.82) is 0 Å². The molecule has 1 heteroatoms. The highest BCUT2D eigenvalue weighted by Crippen LogP contribution is 2.47. The lowest BCUT2D eigenvalue weighted by Gasteiger charge is -2.26. The van der Waals surface area contributed by atoms with E-state index in [0.29, 0.717) is 0 Å². The summed E-state index contributed by atoms with van der Waals surface area (Å²) in [6.45, 7) is 0. The third-order valence-corrected chi connectivity index (χ3v) is 11.1. The molecule has 0 atom stereocenters. The van der Waals surface area contributed by atoms with Crippen LogP contribution in [0.25, 0.3) is 77.2 Å². The van der Waals surface area contributed by atoms with Gasteiger partial charge >= 0.3 is 0 Å². The molecule has 0 fully saturated rings. The third-order valence-electron chi connectivity index (χ3n) is 11.1. The van der Waals surface area contributed by atoms with Crippen molar-refractivity contribution in [2.24, 2.45) is 0 Å². The highest BCUT2D eigenvalue weighted by Gasteiger charge is 2.20. The van der Waals surface area contributed by atoms with E-state index in [-0.39, 0.29) is 0 Å². The average Bonchev–Trinajstić information content (AvgIpc) is 3.30. The highest BCUT2D eigenvalue weighted by molar-refractivity contribution is 6.22. The fourth-order valence-corrected chi connectivity index (χ4v) is 8.38. The Balaban J connectivity index is 1.10. The van der Waals surface area contributed by atoms with E-state index in [1.165, 1.54) is 77.2 Å². The largest absolute Gasteiger partial charge is 0.311 e. The summed E-state index contributed by atoms with van der Waals surface area (Å²) >= 11 is 0. The van der Waals surface area contributed by atoms with Crippen molar-refractivity contribution in [2.45, 2.75) is 0 Å². The molecule has 0 aromatic heterocycles. The molecule has 0 spiro atoms. The Kier molecular flexibility index (Phi) is 8.95. The number of hydrogen-bond acceptors (Lipinski definition) is 1. The van der Waals surface area contributed by atoms with Gasteiger partial charge in [0.2, 0.25) is 0 Å². The quantitative estimate of drug-likeness (QED) is 0.141. The Morgan fingerprint density at radius 2 is 0.509 bits per heavy atom. The fraction of sp³-hybridized carbons (Fsp3) is 0. The standard InChI is InChI=1S/C56H39N/c1-4-16-40(17-5-1)42-28-34-46(35-29-42)57(47-36-30-43(31-37-47)41-18-6-2-7-19-41)48-38-32-44(33-39-48)49-22-10-13-25-52(49)56-54-27-15-12-24-51(54)50-23-11-14-26-53(50)55(56)45-20-8-3-9-21-45/h1-39H. The predicted molar refractivity (Wildman–Crippen MR) is 243 cm³/mol. The van der Waals surface area contributed by atoms with E-state index in [4.69, 9.17) is 0 Å². The highest BCUT2D eigenvalue weighted by atomic mass is 15.1. The van der Waals surface area contributed by atoms with Gasteiger partial charge in [0.1, 0.15) is 0 Å². The maximum atomic E-state index is 2.35. The Bertz CT molecular complexity index is 2870. The smallest absolute Gasteiger partial charge is 0.0462 e. The van der Waals surface area contributed by atoms with Crippen molar-refractivity contribution in [3.8, 4) is 55.6 Å². The van der Waals surface area contributed by atoms with Gasteiger partial charge in [-0.1, -0.05) is 200 Å². The van der Waals surface area contributed by atoms with Crippen LogP contribution >= 0.6 is 0 Å². The first kappa shape index (κ1) is 34.0. The van der Waals surface area contributed by atoms with Crippen LogP contribution in [0.2, 0.25) is 0 Å². The monoisotopic (exact) mass is 725 g/mol. The van der Waals surface area contributed by atoms with E-state index in [1.807, 2.05) is 0 Å². The molecule has 10 aromatic carbocycles. The van der Waals surface area contributed by atoms with Crippen molar-refractivity contribution in [3.63, 3.8) is 0 Å². The van der Waals surface area contributed by atoms with Crippen LogP contribution < -0.4 is 4.90 Å². The van der Waals surface area contributed by atoms with Gasteiger partial charge in [-0.2, -0.15) is 0 Å². The summed E-state index contributed by atoms with van der Waals surface area (Å²) in [5.41, 5.74) is 15.4. The van der Waals surface area contributed by atoms with E-state index in [0.717, 1.165) is 17.1 Å². The molecule has 0 unspecified atom stereocenters. The van der Waals surface area contributed by atoms with Crippen LogP contribution in [0.1, 0.15) is 0 Å². The number of anilines is 3. The molecule has 0 aliphatic heterocycles. The Hall–Kier alpha value is -7.48. The van der Waals surface area contributed by atoms with E-state index in [2.05, 4.69) is 241 Å². The average molecular weight is 726 g/mol. The van der Waals surface area contributed by atoms with E-state index < -0.39 is 0 Å². The van der Waals surface area contributed by atoms with Gasteiger partial charge < -0.3 is 4.90 Å². The molecule has 0 bridgehead atoms. The first-order valence-corrected chi connectivity index (χ1v) is 19.6. The summed E-state index contributed by atoms with van der Waals surface area (Å²) in [6, 6.07) is 85.5. The molecule has 57 heavy (non-hydrogen) atoms. The van der Waals surface area contributed by atoms with Crippen molar-refractivity contribution in [1.82, 2.24) is 0 Å². The lowest BCUT2D eigenvalue weighted by Crippen LogP contribution is -2.09. The summed E-state index contributed by atoms with van der Waals surface area (Å²) < 4.78 is 0. The molecule has 0 saturated heterocycles. The molecule has 0 radical (unpaired) electrons.